The number of halogens is 1. The van der Waals surface area contributed by atoms with Crippen molar-refractivity contribution in [1.82, 2.24) is 0 Å². The Bertz CT molecular complexity index is 508. The molecule has 2 aromatic carbocycles. The van der Waals surface area contributed by atoms with Gasteiger partial charge in [-0.25, -0.2) is 4.39 Å². The molecular formula is C14H13FOS. The SMILES string of the molecule is CCc1ccc(Sc2ccc(O)cc2)cc1F. The van der Waals surface area contributed by atoms with Crippen LogP contribution in [-0.2, 0) is 6.42 Å². The first-order chi connectivity index (χ1) is 8.19. The standard InChI is InChI=1S/C14H13FOS/c1-2-10-3-6-13(9-14(10)15)17-12-7-4-11(16)5-8-12/h3-9,16H,2H2,1H3. The van der Waals surface area contributed by atoms with Gasteiger partial charge in [0.15, 0.2) is 0 Å². The van der Waals surface area contributed by atoms with E-state index < -0.39 is 0 Å². The fourth-order valence-electron chi connectivity index (χ4n) is 1.53. The van der Waals surface area contributed by atoms with Gasteiger partial charge in [0, 0.05) is 9.79 Å². The second-order valence-corrected chi connectivity index (χ2v) is 4.85. The average molecular weight is 248 g/mol. The lowest BCUT2D eigenvalue weighted by Crippen LogP contribution is -1.87. The molecule has 2 rings (SSSR count). The van der Waals surface area contributed by atoms with Crippen molar-refractivity contribution in [3.05, 3.63) is 53.8 Å². The smallest absolute Gasteiger partial charge is 0.127 e. The normalized spacial score (nSPS) is 10.5. The minimum atomic E-state index is -0.156. The van der Waals surface area contributed by atoms with E-state index in [9.17, 15) is 4.39 Å². The molecule has 0 spiro atoms. The van der Waals surface area contributed by atoms with Crippen LogP contribution in [0.25, 0.3) is 0 Å². The summed E-state index contributed by atoms with van der Waals surface area (Å²) in [6.07, 6.45) is 0.704. The van der Waals surface area contributed by atoms with Gasteiger partial charge in [0.05, 0.1) is 0 Å². The van der Waals surface area contributed by atoms with Gasteiger partial charge in [0.1, 0.15) is 11.6 Å². The van der Waals surface area contributed by atoms with Crippen LogP contribution in [0.5, 0.6) is 5.75 Å². The molecule has 0 aliphatic carbocycles. The lowest BCUT2D eigenvalue weighted by Gasteiger charge is -2.04. The molecule has 0 atom stereocenters. The van der Waals surface area contributed by atoms with Crippen molar-refractivity contribution in [1.29, 1.82) is 0 Å². The summed E-state index contributed by atoms with van der Waals surface area (Å²) in [5, 5.41) is 9.17. The second kappa shape index (κ2) is 5.23. The van der Waals surface area contributed by atoms with E-state index in [4.69, 9.17) is 5.11 Å². The van der Waals surface area contributed by atoms with E-state index in [2.05, 4.69) is 0 Å². The van der Waals surface area contributed by atoms with Crippen LogP contribution in [0, 0.1) is 5.82 Å². The lowest BCUT2D eigenvalue weighted by atomic mass is 10.2. The van der Waals surface area contributed by atoms with E-state index in [1.54, 1.807) is 18.2 Å². The molecular weight excluding hydrogens is 235 g/mol. The molecule has 0 aromatic heterocycles. The van der Waals surface area contributed by atoms with Gasteiger partial charge in [-0.3, -0.25) is 0 Å². The van der Waals surface area contributed by atoms with Crippen LogP contribution in [0.2, 0.25) is 0 Å². The zero-order valence-corrected chi connectivity index (χ0v) is 10.3. The van der Waals surface area contributed by atoms with Gasteiger partial charge in [-0.05, 0) is 48.4 Å². The van der Waals surface area contributed by atoms with E-state index >= 15 is 0 Å². The number of aryl methyl sites for hydroxylation is 1. The Morgan fingerprint density at radius 1 is 1.06 bits per heavy atom. The summed E-state index contributed by atoms with van der Waals surface area (Å²) < 4.78 is 13.6. The van der Waals surface area contributed by atoms with Crippen molar-refractivity contribution >= 4 is 11.8 Å². The highest BCUT2D eigenvalue weighted by Gasteiger charge is 2.03. The van der Waals surface area contributed by atoms with E-state index in [0.29, 0.717) is 6.42 Å². The predicted molar refractivity (Wildman–Crippen MR) is 68.0 cm³/mol. The number of phenolic OH excluding ortho intramolecular Hbond substituents is 1. The maximum absolute atomic E-state index is 13.6. The van der Waals surface area contributed by atoms with Gasteiger partial charge in [0.2, 0.25) is 0 Å². The maximum Gasteiger partial charge on any atom is 0.127 e. The fraction of sp³-hybridized carbons (Fsp3) is 0.143. The van der Waals surface area contributed by atoms with Crippen molar-refractivity contribution in [3.8, 4) is 5.75 Å². The molecule has 0 bridgehead atoms. The molecule has 1 nitrogen and oxygen atoms in total. The third-order valence-corrected chi connectivity index (χ3v) is 3.48. The predicted octanol–water partition coefficient (Wildman–Crippen LogP) is 4.24. The van der Waals surface area contributed by atoms with Gasteiger partial charge in [-0.15, -0.1) is 0 Å². The molecule has 0 unspecified atom stereocenters. The molecule has 0 fully saturated rings. The first-order valence-corrected chi connectivity index (χ1v) is 6.26. The van der Waals surface area contributed by atoms with Crippen molar-refractivity contribution in [3.63, 3.8) is 0 Å². The summed E-state index contributed by atoms with van der Waals surface area (Å²) in [4.78, 5) is 1.84. The largest absolute Gasteiger partial charge is 0.508 e. The Hall–Kier alpha value is -1.48. The van der Waals surface area contributed by atoms with Crippen LogP contribution >= 0.6 is 11.8 Å². The molecule has 0 aliphatic rings. The third kappa shape index (κ3) is 3.01. The summed E-state index contributed by atoms with van der Waals surface area (Å²) in [5.41, 5.74) is 0.736. The highest BCUT2D eigenvalue weighted by molar-refractivity contribution is 7.99. The maximum atomic E-state index is 13.6. The minimum absolute atomic E-state index is 0.156. The van der Waals surface area contributed by atoms with Crippen LogP contribution in [0.15, 0.2) is 52.3 Å². The van der Waals surface area contributed by atoms with Crippen LogP contribution in [0.3, 0.4) is 0 Å². The number of hydrogen-bond donors (Lipinski definition) is 1. The highest BCUT2D eigenvalue weighted by Crippen LogP contribution is 2.29. The van der Waals surface area contributed by atoms with Crippen LogP contribution in [0.1, 0.15) is 12.5 Å². The second-order valence-electron chi connectivity index (χ2n) is 3.70. The van der Waals surface area contributed by atoms with Crippen molar-refractivity contribution < 1.29 is 9.50 Å². The highest BCUT2D eigenvalue weighted by atomic mass is 32.2. The first-order valence-electron chi connectivity index (χ1n) is 5.44. The minimum Gasteiger partial charge on any atom is -0.508 e. The zero-order valence-electron chi connectivity index (χ0n) is 9.48. The summed E-state index contributed by atoms with van der Waals surface area (Å²) >= 11 is 1.48. The van der Waals surface area contributed by atoms with Gasteiger partial charge in [-0.2, -0.15) is 0 Å². The van der Waals surface area contributed by atoms with Crippen LogP contribution < -0.4 is 0 Å². The zero-order chi connectivity index (χ0) is 12.3. The number of benzene rings is 2. The first kappa shape index (κ1) is 12.0. The Morgan fingerprint density at radius 3 is 2.29 bits per heavy atom. The average Bonchev–Trinajstić information content (AvgIpc) is 2.32. The van der Waals surface area contributed by atoms with Gasteiger partial charge in [0.25, 0.3) is 0 Å². The van der Waals surface area contributed by atoms with E-state index in [1.807, 2.05) is 31.2 Å². The number of rotatable bonds is 3. The molecule has 0 heterocycles. The molecule has 88 valence electrons. The topological polar surface area (TPSA) is 20.2 Å². The summed E-state index contributed by atoms with van der Waals surface area (Å²) in [6, 6.07) is 12.2. The molecule has 2 aromatic rings. The molecule has 17 heavy (non-hydrogen) atoms. The lowest BCUT2D eigenvalue weighted by molar-refractivity contribution is 0.475. The number of aromatic hydroxyl groups is 1. The summed E-state index contributed by atoms with van der Waals surface area (Å²) in [7, 11) is 0. The quantitative estimate of drug-likeness (QED) is 0.876. The molecule has 0 saturated heterocycles. The summed E-state index contributed by atoms with van der Waals surface area (Å²) in [5.74, 6) is 0.0816. The Labute approximate surface area is 104 Å². The molecule has 1 N–H and O–H groups in total. The summed E-state index contributed by atoms with van der Waals surface area (Å²) in [6.45, 7) is 1.94. The van der Waals surface area contributed by atoms with E-state index in [1.165, 1.54) is 11.8 Å². The van der Waals surface area contributed by atoms with Gasteiger partial charge in [-0.1, -0.05) is 24.8 Å². The van der Waals surface area contributed by atoms with Crippen LogP contribution in [0.4, 0.5) is 4.39 Å². The van der Waals surface area contributed by atoms with Crippen molar-refractivity contribution in [2.24, 2.45) is 0 Å². The molecule has 0 aliphatic heterocycles. The molecule has 0 radical (unpaired) electrons. The van der Waals surface area contributed by atoms with Crippen molar-refractivity contribution in [2.45, 2.75) is 23.1 Å². The number of hydrogen-bond acceptors (Lipinski definition) is 2. The number of phenols is 1. The van der Waals surface area contributed by atoms with E-state index in [0.717, 1.165) is 15.4 Å². The Kier molecular flexibility index (Phi) is 3.69. The monoisotopic (exact) mass is 248 g/mol. The fourth-order valence-corrected chi connectivity index (χ4v) is 2.37. The Morgan fingerprint density at radius 2 is 1.71 bits per heavy atom. The van der Waals surface area contributed by atoms with Gasteiger partial charge >= 0.3 is 0 Å². The molecule has 0 amide bonds. The van der Waals surface area contributed by atoms with Crippen molar-refractivity contribution in [2.75, 3.05) is 0 Å². The van der Waals surface area contributed by atoms with E-state index in [-0.39, 0.29) is 11.6 Å². The van der Waals surface area contributed by atoms with Gasteiger partial charge < -0.3 is 5.11 Å². The molecule has 0 saturated carbocycles. The van der Waals surface area contributed by atoms with Crippen LogP contribution in [-0.4, -0.2) is 5.11 Å². The molecule has 3 heteroatoms. The third-order valence-electron chi connectivity index (χ3n) is 2.48. The Balaban J connectivity index is 2.19.